The normalized spacial score (nSPS) is 18.1. The Bertz CT molecular complexity index is 1530. The van der Waals surface area contributed by atoms with Gasteiger partial charge in [-0.1, -0.05) is 0 Å². The van der Waals surface area contributed by atoms with Gasteiger partial charge in [-0.15, -0.1) is 0 Å². The molecule has 0 radical (unpaired) electrons. The quantitative estimate of drug-likeness (QED) is 0.298. The fourth-order valence-corrected chi connectivity index (χ4v) is 5.11. The van der Waals surface area contributed by atoms with Crippen molar-refractivity contribution in [3.8, 4) is 17.0 Å². The number of carbonyl (C=O) groups is 1. The highest BCUT2D eigenvalue weighted by molar-refractivity contribution is 5.89. The Morgan fingerprint density at radius 1 is 1.15 bits per heavy atom. The van der Waals surface area contributed by atoms with E-state index in [2.05, 4.69) is 5.10 Å². The Morgan fingerprint density at radius 2 is 1.90 bits per heavy atom. The molecule has 2 atom stereocenters. The summed E-state index contributed by atoms with van der Waals surface area (Å²) in [6, 6.07) is 9.52. The van der Waals surface area contributed by atoms with Crippen LogP contribution in [0.15, 0.2) is 36.5 Å². The predicted octanol–water partition coefficient (Wildman–Crippen LogP) is 5.81. The molecule has 1 aromatic carbocycles. The Morgan fingerprint density at radius 3 is 2.62 bits per heavy atom. The average Bonchev–Trinajstić information content (AvgIpc) is 3.27. The number of halogens is 1. The molecule has 0 aliphatic carbocycles. The third kappa shape index (κ3) is 5.52. The van der Waals surface area contributed by atoms with Crippen molar-refractivity contribution < 1.29 is 23.4 Å². The second-order valence-electron chi connectivity index (χ2n) is 11.1. The summed E-state index contributed by atoms with van der Waals surface area (Å²) in [6.45, 7) is 8.19. The summed E-state index contributed by atoms with van der Waals surface area (Å²) in [5, 5.41) is 4.87. The van der Waals surface area contributed by atoms with Gasteiger partial charge >= 0.3 is 6.09 Å². The number of ether oxygens (including phenoxy) is 3. The second-order valence-corrected chi connectivity index (χ2v) is 11.1. The Hall–Kier alpha value is -3.79. The molecule has 3 aromatic heterocycles. The molecule has 39 heavy (non-hydrogen) atoms. The molecule has 0 saturated carbocycles. The number of rotatable bonds is 5. The van der Waals surface area contributed by atoms with E-state index in [9.17, 15) is 4.79 Å². The van der Waals surface area contributed by atoms with Crippen LogP contribution in [0.5, 0.6) is 5.75 Å². The Kier molecular flexibility index (Phi) is 7.15. The summed E-state index contributed by atoms with van der Waals surface area (Å²) < 4.78 is 33.2. The van der Waals surface area contributed by atoms with Gasteiger partial charge in [-0.3, -0.25) is 9.67 Å². The molecule has 1 fully saturated rings. The number of fused-ring (bicyclic) bond motifs is 2. The summed E-state index contributed by atoms with van der Waals surface area (Å²) in [5.41, 5.74) is 3.20. The minimum atomic E-state index is -0.553. The van der Waals surface area contributed by atoms with Crippen molar-refractivity contribution in [2.45, 2.75) is 58.1 Å². The van der Waals surface area contributed by atoms with Crippen LogP contribution in [0.1, 0.15) is 52.1 Å². The molecule has 2 unspecified atom stereocenters. The van der Waals surface area contributed by atoms with Crippen LogP contribution in [-0.4, -0.2) is 62.8 Å². The van der Waals surface area contributed by atoms with Crippen LogP contribution >= 0.6 is 0 Å². The Balaban J connectivity index is 1.41. The van der Waals surface area contributed by atoms with Gasteiger partial charge in [-0.25, -0.2) is 14.2 Å². The largest absolute Gasteiger partial charge is 0.464 e. The number of pyridine rings is 2. The maximum atomic E-state index is 15.4. The van der Waals surface area contributed by atoms with E-state index in [1.165, 1.54) is 7.11 Å². The third-order valence-corrected chi connectivity index (χ3v) is 6.89. The van der Waals surface area contributed by atoms with Crippen molar-refractivity contribution in [1.82, 2.24) is 24.6 Å². The zero-order valence-electron chi connectivity index (χ0n) is 23.2. The number of benzene rings is 1. The molecule has 1 aliphatic heterocycles. The van der Waals surface area contributed by atoms with E-state index < -0.39 is 11.4 Å². The first-order chi connectivity index (χ1) is 18.5. The van der Waals surface area contributed by atoms with E-state index in [-0.39, 0.29) is 36.1 Å². The minimum Gasteiger partial charge on any atom is -0.464 e. The van der Waals surface area contributed by atoms with Crippen LogP contribution < -0.4 is 4.74 Å². The SMILES string of the molecule is COCOc1c(-c2ccc3nc(C4CCN(C(=O)OC(C)(C)C)C(C)C4)ccc3n2)cc2cn(C)nc2c1F. The van der Waals surface area contributed by atoms with Crippen molar-refractivity contribution in [2.24, 2.45) is 7.05 Å². The number of carbonyl (C=O) groups excluding carboxylic acids is 1. The van der Waals surface area contributed by atoms with Crippen molar-refractivity contribution in [3.05, 3.63) is 48.0 Å². The van der Waals surface area contributed by atoms with E-state index in [4.69, 9.17) is 24.2 Å². The first kappa shape index (κ1) is 26.8. The molecular formula is C29H34FN5O4. The van der Waals surface area contributed by atoms with E-state index in [1.54, 1.807) is 22.8 Å². The van der Waals surface area contributed by atoms with Crippen LogP contribution in [0, 0.1) is 5.82 Å². The first-order valence-corrected chi connectivity index (χ1v) is 13.1. The lowest BCUT2D eigenvalue weighted by molar-refractivity contribution is 0.0102. The van der Waals surface area contributed by atoms with Gasteiger partial charge in [0.1, 0.15) is 11.1 Å². The molecule has 1 saturated heterocycles. The number of aryl methyl sites for hydroxylation is 1. The van der Waals surface area contributed by atoms with E-state index in [0.29, 0.717) is 28.7 Å². The van der Waals surface area contributed by atoms with Gasteiger partial charge in [0.05, 0.1) is 16.7 Å². The van der Waals surface area contributed by atoms with Crippen LogP contribution in [-0.2, 0) is 16.5 Å². The van der Waals surface area contributed by atoms with Crippen LogP contribution in [0.4, 0.5) is 9.18 Å². The lowest BCUT2D eigenvalue weighted by Crippen LogP contribution is -2.46. The number of piperidine rings is 1. The van der Waals surface area contributed by atoms with Crippen molar-refractivity contribution in [1.29, 1.82) is 0 Å². The fourth-order valence-electron chi connectivity index (χ4n) is 5.11. The smallest absolute Gasteiger partial charge is 0.410 e. The predicted molar refractivity (Wildman–Crippen MR) is 146 cm³/mol. The van der Waals surface area contributed by atoms with Gasteiger partial charge in [-0.05, 0) is 70.9 Å². The number of aromatic nitrogens is 4. The lowest BCUT2D eigenvalue weighted by Gasteiger charge is -2.38. The maximum absolute atomic E-state index is 15.4. The van der Waals surface area contributed by atoms with E-state index >= 15 is 4.39 Å². The van der Waals surface area contributed by atoms with Crippen molar-refractivity contribution in [3.63, 3.8) is 0 Å². The number of amides is 1. The molecule has 10 heteroatoms. The molecule has 5 rings (SSSR count). The van der Waals surface area contributed by atoms with E-state index in [0.717, 1.165) is 24.1 Å². The number of likely N-dealkylation sites (tertiary alicyclic amines) is 1. The van der Waals surface area contributed by atoms with Gasteiger partial charge in [0.25, 0.3) is 0 Å². The van der Waals surface area contributed by atoms with Crippen molar-refractivity contribution >= 4 is 28.0 Å². The summed E-state index contributed by atoms with van der Waals surface area (Å²) in [7, 11) is 3.23. The fraction of sp³-hybridized carbons (Fsp3) is 0.448. The number of hydrogen-bond donors (Lipinski definition) is 0. The van der Waals surface area contributed by atoms with Crippen LogP contribution in [0.2, 0.25) is 0 Å². The molecule has 4 heterocycles. The van der Waals surface area contributed by atoms with Gasteiger partial charge < -0.3 is 19.1 Å². The topological polar surface area (TPSA) is 91.6 Å². The highest BCUT2D eigenvalue weighted by atomic mass is 19.1. The number of hydrogen-bond acceptors (Lipinski definition) is 7. The molecule has 0 bridgehead atoms. The molecule has 1 aliphatic rings. The summed E-state index contributed by atoms with van der Waals surface area (Å²) in [6.07, 6.45) is 3.09. The van der Waals surface area contributed by atoms with Gasteiger partial charge in [0, 0.05) is 55.5 Å². The molecular weight excluding hydrogens is 501 g/mol. The standard InChI is InChI=1S/C29H34FN5O4/c1-17-13-18(11-12-35(17)28(36)39-29(2,3)4)21-7-9-24-23(31-21)10-8-22(32-24)20-14-19-15-34(5)33-26(19)25(30)27(20)38-16-37-6/h7-10,14-15,17-18H,11-13,16H2,1-6H3. The maximum Gasteiger partial charge on any atom is 0.410 e. The van der Waals surface area contributed by atoms with Crippen LogP contribution in [0.25, 0.3) is 33.2 Å². The van der Waals surface area contributed by atoms with Gasteiger partial charge in [0.2, 0.25) is 0 Å². The highest BCUT2D eigenvalue weighted by Gasteiger charge is 2.33. The molecule has 206 valence electrons. The monoisotopic (exact) mass is 535 g/mol. The first-order valence-electron chi connectivity index (χ1n) is 13.1. The molecule has 1 amide bonds. The number of methoxy groups -OCH3 is 1. The zero-order chi connectivity index (χ0) is 27.9. The van der Waals surface area contributed by atoms with Gasteiger partial charge in [0.15, 0.2) is 18.4 Å². The molecule has 9 nitrogen and oxygen atoms in total. The number of nitrogens with zero attached hydrogens (tertiary/aromatic N) is 5. The van der Waals surface area contributed by atoms with Crippen molar-refractivity contribution in [2.75, 3.05) is 20.4 Å². The zero-order valence-corrected chi connectivity index (χ0v) is 23.2. The molecule has 0 N–H and O–H groups in total. The van der Waals surface area contributed by atoms with Crippen LogP contribution in [0.3, 0.4) is 0 Å². The second kappa shape index (κ2) is 10.4. The lowest BCUT2D eigenvalue weighted by atomic mass is 9.88. The summed E-state index contributed by atoms with van der Waals surface area (Å²) >= 11 is 0. The minimum absolute atomic E-state index is 0.0411. The molecule has 4 aromatic rings. The summed E-state index contributed by atoms with van der Waals surface area (Å²) in [5.74, 6) is -0.286. The summed E-state index contributed by atoms with van der Waals surface area (Å²) in [4.78, 5) is 24.1. The average molecular weight is 536 g/mol. The van der Waals surface area contributed by atoms with E-state index in [1.807, 2.05) is 58.0 Å². The highest BCUT2D eigenvalue weighted by Crippen LogP contribution is 2.37. The third-order valence-electron chi connectivity index (χ3n) is 6.89. The van der Waals surface area contributed by atoms with Gasteiger partial charge in [-0.2, -0.15) is 5.10 Å². The molecule has 0 spiro atoms. The Labute approximate surface area is 226 Å².